The van der Waals surface area contributed by atoms with Crippen molar-refractivity contribution >= 4 is 27.5 Å². The zero-order valence-corrected chi connectivity index (χ0v) is 15.1. The number of rotatable bonds is 6. The summed E-state index contributed by atoms with van der Waals surface area (Å²) in [5.74, 6) is -4.83. The van der Waals surface area contributed by atoms with Crippen molar-refractivity contribution in [1.29, 1.82) is 0 Å². The maximum atomic E-state index is 14.8. The topological polar surface area (TPSA) is 92.4 Å². The molecule has 0 unspecified atom stereocenters. The molecule has 0 amide bonds. The average molecular weight is 406 g/mol. The molecule has 0 bridgehead atoms. The lowest BCUT2D eigenvalue weighted by molar-refractivity contribution is 0.322. The highest BCUT2D eigenvalue weighted by molar-refractivity contribution is 7.99. The highest BCUT2D eigenvalue weighted by Crippen LogP contribution is 2.37. The van der Waals surface area contributed by atoms with Crippen molar-refractivity contribution in [3.8, 4) is 0 Å². The SMILES string of the molecule is NS(=O)(=O)c1c(F)c(F)c(SCCO)c(F)c1NC1=C/C/C=C\C\C=C\1. The van der Waals surface area contributed by atoms with Crippen LogP contribution in [-0.4, -0.2) is 25.9 Å². The molecule has 0 heterocycles. The van der Waals surface area contributed by atoms with Gasteiger partial charge < -0.3 is 10.4 Å². The van der Waals surface area contributed by atoms with E-state index in [9.17, 15) is 21.6 Å². The number of aliphatic hydroxyl groups is 1. The van der Waals surface area contributed by atoms with Gasteiger partial charge >= 0.3 is 0 Å². The molecule has 1 aliphatic rings. The minimum Gasteiger partial charge on any atom is -0.396 e. The molecular weight excluding hydrogens is 389 g/mol. The van der Waals surface area contributed by atoms with Gasteiger partial charge in [0.05, 0.1) is 17.2 Å². The highest BCUT2D eigenvalue weighted by Gasteiger charge is 2.31. The third-order valence-electron chi connectivity index (χ3n) is 3.34. The number of halogens is 3. The Morgan fingerprint density at radius 2 is 1.81 bits per heavy atom. The van der Waals surface area contributed by atoms with Crippen LogP contribution in [0.25, 0.3) is 0 Å². The summed E-state index contributed by atoms with van der Waals surface area (Å²) in [6.45, 7) is -0.398. The molecule has 0 fully saturated rings. The van der Waals surface area contributed by atoms with Crippen molar-refractivity contribution in [2.45, 2.75) is 22.6 Å². The largest absolute Gasteiger partial charge is 0.396 e. The fourth-order valence-electron chi connectivity index (χ4n) is 2.24. The van der Waals surface area contributed by atoms with E-state index in [0.29, 0.717) is 30.3 Å². The van der Waals surface area contributed by atoms with Gasteiger partial charge in [0.1, 0.15) is 4.90 Å². The molecule has 10 heteroatoms. The molecule has 0 radical (unpaired) electrons. The van der Waals surface area contributed by atoms with Gasteiger partial charge in [-0.25, -0.2) is 26.7 Å². The van der Waals surface area contributed by atoms with Crippen LogP contribution in [0.1, 0.15) is 12.8 Å². The number of sulfonamides is 1. The fourth-order valence-corrected chi connectivity index (χ4v) is 3.74. The van der Waals surface area contributed by atoms with E-state index in [1.165, 1.54) is 0 Å². The normalized spacial score (nSPS) is 19.2. The van der Waals surface area contributed by atoms with E-state index in [1.807, 2.05) is 12.2 Å². The maximum Gasteiger partial charge on any atom is 0.243 e. The van der Waals surface area contributed by atoms with E-state index in [4.69, 9.17) is 10.2 Å². The number of benzene rings is 1. The number of nitrogens with one attached hydrogen (secondary N) is 1. The van der Waals surface area contributed by atoms with Crippen molar-refractivity contribution in [1.82, 2.24) is 0 Å². The lowest BCUT2D eigenvalue weighted by Gasteiger charge is -2.17. The molecular formula is C16H17F3N2O3S2. The summed E-state index contributed by atoms with van der Waals surface area (Å²) in [5, 5.41) is 16.3. The Morgan fingerprint density at radius 1 is 1.12 bits per heavy atom. The van der Waals surface area contributed by atoms with Crippen molar-refractivity contribution in [2.75, 3.05) is 17.7 Å². The van der Waals surface area contributed by atoms with Gasteiger partial charge in [0, 0.05) is 11.4 Å². The zero-order valence-electron chi connectivity index (χ0n) is 13.5. The Bertz CT molecular complexity index is 881. The first-order valence-electron chi connectivity index (χ1n) is 7.53. The van der Waals surface area contributed by atoms with Gasteiger partial charge in [0.15, 0.2) is 17.5 Å². The molecule has 0 saturated heterocycles. The summed E-state index contributed by atoms with van der Waals surface area (Å²) in [5.41, 5.74) is -0.463. The van der Waals surface area contributed by atoms with Crippen LogP contribution in [0, 0.1) is 17.5 Å². The number of nitrogens with two attached hydrogens (primary N) is 1. The maximum absolute atomic E-state index is 14.8. The van der Waals surface area contributed by atoms with Crippen molar-refractivity contribution in [3.05, 3.63) is 53.5 Å². The van der Waals surface area contributed by atoms with E-state index in [0.717, 1.165) is 0 Å². The summed E-state index contributed by atoms with van der Waals surface area (Å²) in [6.07, 6.45) is 9.76. The second kappa shape index (κ2) is 8.76. The molecule has 142 valence electrons. The van der Waals surface area contributed by atoms with Crippen LogP contribution in [0.2, 0.25) is 0 Å². The highest BCUT2D eigenvalue weighted by atomic mass is 32.2. The van der Waals surface area contributed by atoms with E-state index in [-0.39, 0.29) is 5.75 Å². The van der Waals surface area contributed by atoms with E-state index >= 15 is 0 Å². The van der Waals surface area contributed by atoms with Crippen LogP contribution >= 0.6 is 11.8 Å². The molecule has 0 aliphatic heterocycles. The quantitative estimate of drug-likeness (QED) is 0.384. The number of aliphatic hydroxyl groups excluding tert-OH is 1. The lowest BCUT2D eigenvalue weighted by Crippen LogP contribution is -2.20. The van der Waals surface area contributed by atoms with Gasteiger partial charge in [-0.05, 0) is 18.9 Å². The zero-order chi connectivity index (χ0) is 19.3. The van der Waals surface area contributed by atoms with Crippen molar-refractivity contribution in [3.63, 3.8) is 0 Å². The number of primary sulfonamides is 1. The predicted molar refractivity (Wildman–Crippen MR) is 94.7 cm³/mol. The summed E-state index contributed by atoms with van der Waals surface area (Å²) in [4.78, 5) is -2.02. The van der Waals surface area contributed by atoms with Gasteiger partial charge in [-0.1, -0.05) is 24.3 Å². The molecule has 26 heavy (non-hydrogen) atoms. The summed E-state index contributed by atoms with van der Waals surface area (Å²) in [7, 11) is -4.75. The van der Waals surface area contributed by atoms with Crippen molar-refractivity contribution < 1.29 is 26.7 Å². The Labute approximate surface area is 153 Å². The van der Waals surface area contributed by atoms with Crippen molar-refractivity contribution in [2.24, 2.45) is 5.14 Å². The van der Waals surface area contributed by atoms with Crippen LogP contribution in [0.3, 0.4) is 0 Å². The minimum absolute atomic E-state index is 0.102. The molecule has 2 rings (SSSR count). The summed E-state index contributed by atoms with van der Waals surface area (Å²) < 4.78 is 66.8. The van der Waals surface area contributed by atoms with Crippen LogP contribution in [0.5, 0.6) is 0 Å². The lowest BCUT2D eigenvalue weighted by atomic mass is 10.2. The third-order valence-corrected chi connectivity index (χ3v) is 5.33. The number of allylic oxidation sites excluding steroid dienone is 5. The first-order chi connectivity index (χ1) is 12.3. The Hall–Kier alpha value is -1.75. The van der Waals surface area contributed by atoms with Crippen LogP contribution in [-0.2, 0) is 10.0 Å². The summed E-state index contributed by atoms with van der Waals surface area (Å²) >= 11 is 0.527. The number of hydrogen-bond donors (Lipinski definition) is 3. The number of thioether (sulfide) groups is 1. The van der Waals surface area contributed by atoms with E-state index in [1.54, 1.807) is 18.2 Å². The molecule has 0 saturated carbocycles. The Kier molecular flexibility index (Phi) is 6.93. The minimum atomic E-state index is -4.75. The second-order valence-electron chi connectivity index (χ2n) is 5.22. The number of hydrogen-bond acceptors (Lipinski definition) is 5. The first-order valence-corrected chi connectivity index (χ1v) is 10.1. The second-order valence-corrected chi connectivity index (χ2v) is 7.83. The number of anilines is 1. The monoisotopic (exact) mass is 406 g/mol. The van der Waals surface area contributed by atoms with Crippen LogP contribution < -0.4 is 10.5 Å². The van der Waals surface area contributed by atoms with E-state index < -0.39 is 49.6 Å². The van der Waals surface area contributed by atoms with Gasteiger partial charge in [-0.3, -0.25) is 0 Å². The molecule has 0 aromatic heterocycles. The fraction of sp³-hybridized carbons (Fsp3) is 0.250. The predicted octanol–water partition coefficient (Wildman–Crippen LogP) is 3.04. The molecule has 1 aromatic carbocycles. The van der Waals surface area contributed by atoms with Gasteiger partial charge in [-0.15, -0.1) is 11.8 Å². The Morgan fingerprint density at radius 3 is 2.46 bits per heavy atom. The summed E-state index contributed by atoms with van der Waals surface area (Å²) in [6, 6.07) is 0. The molecule has 0 spiro atoms. The first kappa shape index (κ1) is 20.6. The molecule has 1 aliphatic carbocycles. The van der Waals surface area contributed by atoms with Crippen LogP contribution in [0.4, 0.5) is 18.9 Å². The molecule has 5 nitrogen and oxygen atoms in total. The Balaban J connectivity index is 2.64. The average Bonchev–Trinajstić information content (AvgIpc) is 2.53. The smallest absolute Gasteiger partial charge is 0.243 e. The molecule has 0 atom stereocenters. The molecule has 1 aromatic rings. The third kappa shape index (κ3) is 4.70. The van der Waals surface area contributed by atoms with E-state index in [2.05, 4.69) is 5.32 Å². The molecule has 4 N–H and O–H groups in total. The van der Waals surface area contributed by atoms with Gasteiger partial charge in [-0.2, -0.15) is 0 Å². The van der Waals surface area contributed by atoms with Gasteiger partial charge in [0.25, 0.3) is 0 Å². The van der Waals surface area contributed by atoms with Crippen LogP contribution in [0.15, 0.2) is 45.9 Å². The standard InChI is InChI=1S/C16H17F3N2O3S2/c17-11-12(18)16(26(20,23)24)14(13(19)15(11)25-9-8-22)21-10-6-4-2-1-3-5-7-10/h1-2,5-7,21-22H,3-4,8-9H2,(H2,20,23,24)/b2-1-,7-5+,10-6+. The van der Waals surface area contributed by atoms with Gasteiger partial charge in [0.2, 0.25) is 10.0 Å².